The third kappa shape index (κ3) is 6.23. The summed E-state index contributed by atoms with van der Waals surface area (Å²) in [6.45, 7) is -0.535. The number of hydrogen-bond acceptors (Lipinski definition) is 6. The molecule has 1 N–H and O–H groups in total. The van der Waals surface area contributed by atoms with Gasteiger partial charge in [0.15, 0.2) is 18.1 Å². The molecule has 1 aromatic heterocycles. The lowest BCUT2D eigenvalue weighted by atomic mass is 10.3. The molecule has 0 bridgehead atoms. The highest BCUT2D eigenvalue weighted by Crippen LogP contribution is 2.24. The Hall–Kier alpha value is -3.56. The van der Waals surface area contributed by atoms with Crippen molar-refractivity contribution in [1.82, 2.24) is 4.98 Å². The summed E-state index contributed by atoms with van der Waals surface area (Å²) in [4.78, 5) is 27.8. The molecular weight excluding hydrogens is 393 g/mol. The van der Waals surface area contributed by atoms with E-state index in [2.05, 4.69) is 15.0 Å². The number of carbonyl (C=O) groups excluding carboxylic acids is 2. The lowest BCUT2D eigenvalue weighted by Crippen LogP contribution is -2.21. The number of aryl methyl sites for hydroxylation is 1. The first-order chi connectivity index (χ1) is 13.8. The van der Waals surface area contributed by atoms with Crippen molar-refractivity contribution >= 4 is 28.7 Å². The molecule has 0 aliphatic heterocycles. The van der Waals surface area contributed by atoms with E-state index in [4.69, 9.17) is 9.15 Å². The molecule has 0 atom stereocenters. The fourth-order valence-corrected chi connectivity index (χ4v) is 2.39. The second kappa shape index (κ2) is 8.63. The van der Waals surface area contributed by atoms with E-state index in [9.17, 15) is 22.8 Å². The maximum Gasteiger partial charge on any atom is 0.573 e. The minimum Gasteiger partial charge on any atom is -0.456 e. The van der Waals surface area contributed by atoms with Crippen LogP contribution in [0, 0.1) is 0 Å². The number of hydrogen-bond donors (Lipinski definition) is 1. The number of nitrogens with one attached hydrogen (secondary N) is 1. The van der Waals surface area contributed by atoms with E-state index in [1.165, 1.54) is 12.1 Å². The maximum atomic E-state index is 12.1. The summed E-state index contributed by atoms with van der Waals surface area (Å²) in [6, 6.07) is 11.7. The summed E-state index contributed by atoms with van der Waals surface area (Å²) in [5.41, 5.74) is 1.52. The Kier molecular flexibility index (Phi) is 6.01. The Balaban J connectivity index is 1.41. The zero-order chi connectivity index (χ0) is 20.9. The highest BCUT2D eigenvalue weighted by atomic mass is 19.4. The molecule has 0 radical (unpaired) electrons. The minimum absolute atomic E-state index is 0.0242. The lowest BCUT2D eigenvalue weighted by molar-refractivity contribution is -0.274. The highest BCUT2D eigenvalue weighted by Gasteiger charge is 2.30. The van der Waals surface area contributed by atoms with Gasteiger partial charge in [-0.3, -0.25) is 9.59 Å². The van der Waals surface area contributed by atoms with Crippen molar-refractivity contribution in [3.05, 3.63) is 54.4 Å². The Bertz CT molecular complexity index is 966. The van der Waals surface area contributed by atoms with Crippen LogP contribution >= 0.6 is 0 Å². The van der Waals surface area contributed by atoms with Crippen LogP contribution in [0.1, 0.15) is 12.3 Å². The van der Waals surface area contributed by atoms with E-state index >= 15 is 0 Å². The monoisotopic (exact) mass is 408 g/mol. The summed E-state index contributed by atoms with van der Waals surface area (Å²) in [7, 11) is 0. The molecular formula is C19H15F3N2O5. The van der Waals surface area contributed by atoms with Gasteiger partial charge in [-0.1, -0.05) is 12.1 Å². The fourth-order valence-electron chi connectivity index (χ4n) is 2.39. The van der Waals surface area contributed by atoms with Gasteiger partial charge < -0.3 is 19.2 Å². The summed E-state index contributed by atoms with van der Waals surface area (Å²) in [5.74, 6) is -1.28. The van der Waals surface area contributed by atoms with E-state index in [0.29, 0.717) is 17.0 Å². The van der Waals surface area contributed by atoms with Crippen molar-refractivity contribution in [3.8, 4) is 5.75 Å². The van der Waals surface area contributed by atoms with Gasteiger partial charge in [-0.15, -0.1) is 13.2 Å². The van der Waals surface area contributed by atoms with E-state index in [1.807, 2.05) is 6.07 Å². The van der Waals surface area contributed by atoms with Gasteiger partial charge in [0.1, 0.15) is 11.3 Å². The molecule has 0 spiro atoms. The molecule has 1 heterocycles. The van der Waals surface area contributed by atoms with Crippen molar-refractivity contribution in [2.75, 3.05) is 11.9 Å². The maximum absolute atomic E-state index is 12.1. The standard InChI is InChI=1S/C19H15F3N2O5/c20-19(21,22)29-13-7-5-12(6-8-13)23-16(25)11-27-18(26)10-9-17-24-14-3-1-2-4-15(14)28-17/h1-8H,9-11H2,(H,23,25). The zero-order valence-corrected chi connectivity index (χ0v) is 14.9. The van der Waals surface area contributed by atoms with Gasteiger partial charge >= 0.3 is 12.3 Å². The number of nitrogens with zero attached hydrogens (tertiary/aromatic N) is 1. The molecule has 152 valence electrons. The average Bonchev–Trinajstić information content (AvgIpc) is 3.08. The normalized spacial score (nSPS) is 11.3. The number of para-hydroxylation sites is 2. The third-order valence-corrected chi connectivity index (χ3v) is 3.62. The number of fused-ring (bicyclic) bond motifs is 1. The molecule has 0 unspecified atom stereocenters. The predicted molar refractivity (Wildman–Crippen MR) is 95.0 cm³/mol. The predicted octanol–water partition coefficient (Wildman–Crippen LogP) is 3.84. The van der Waals surface area contributed by atoms with Crippen LogP contribution < -0.4 is 10.1 Å². The van der Waals surface area contributed by atoms with E-state index in [0.717, 1.165) is 12.1 Å². The van der Waals surface area contributed by atoms with Crippen LogP contribution in [0.25, 0.3) is 11.1 Å². The van der Waals surface area contributed by atoms with Crippen LogP contribution in [-0.2, 0) is 20.7 Å². The van der Waals surface area contributed by atoms with Crippen LogP contribution in [0.3, 0.4) is 0 Å². The average molecular weight is 408 g/mol. The van der Waals surface area contributed by atoms with Gasteiger partial charge in [0.25, 0.3) is 5.91 Å². The van der Waals surface area contributed by atoms with Crippen molar-refractivity contribution in [2.24, 2.45) is 0 Å². The quantitative estimate of drug-likeness (QED) is 0.598. The Morgan fingerprint density at radius 1 is 1.07 bits per heavy atom. The summed E-state index contributed by atoms with van der Waals surface area (Å²) < 4.78 is 50.4. The summed E-state index contributed by atoms with van der Waals surface area (Å²) in [5, 5.41) is 2.40. The third-order valence-electron chi connectivity index (χ3n) is 3.62. The molecule has 0 saturated heterocycles. The molecule has 0 aliphatic carbocycles. The minimum atomic E-state index is -4.79. The van der Waals surface area contributed by atoms with Crippen LogP contribution in [0.15, 0.2) is 52.9 Å². The largest absolute Gasteiger partial charge is 0.573 e. The van der Waals surface area contributed by atoms with E-state index in [1.54, 1.807) is 18.2 Å². The van der Waals surface area contributed by atoms with Gasteiger partial charge in [-0.25, -0.2) is 4.98 Å². The zero-order valence-electron chi connectivity index (χ0n) is 14.9. The van der Waals surface area contributed by atoms with Crippen LogP contribution in [0.5, 0.6) is 5.75 Å². The number of alkyl halides is 3. The van der Waals surface area contributed by atoms with Crippen molar-refractivity contribution < 1.29 is 36.7 Å². The van der Waals surface area contributed by atoms with Gasteiger partial charge in [-0.2, -0.15) is 0 Å². The first-order valence-electron chi connectivity index (χ1n) is 8.44. The molecule has 1 amide bonds. The van der Waals surface area contributed by atoms with Crippen LogP contribution in [-0.4, -0.2) is 29.8 Å². The molecule has 3 aromatic rings. The fraction of sp³-hybridized carbons (Fsp3) is 0.211. The van der Waals surface area contributed by atoms with Crippen LogP contribution in [0.4, 0.5) is 18.9 Å². The van der Waals surface area contributed by atoms with Crippen molar-refractivity contribution in [3.63, 3.8) is 0 Å². The number of ether oxygens (including phenoxy) is 2. The molecule has 29 heavy (non-hydrogen) atoms. The molecule has 0 fully saturated rings. The summed E-state index contributed by atoms with van der Waals surface area (Å²) in [6.07, 6.45) is -4.60. The van der Waals surface area contributed by atoms with E-state index < -0.39 is 30.6 Å². The molecule has 0 saturated carbocycles. The number of amides is 1. The smallest absolute Gasteiger partial charge is 0.456 e. The first kappa shape index (κ1) is 20.2. The van der Waals surface area contributed by atoms with Crippen LogP contribution in [0.2, 0.25) is 0 Å². The van der Waals surface area contributed by atoms with E-state index in [-0.39, 0.29) is 18.5 Å². The van der Waals surface area contributed by atoms with Crippen molar-refractivity contribution in [2.45, 2.75) is 19.2 Å². The molecule has 0 aliphatic rings. The van der Waals surface area contributed by atoms with Gasteiger partial charge in [0.2, 0.25) is 0 Å². The first-order valence-corrected chi connectivity index (χ1v) is 8.44. The number of aromatic nitrogens is 1. The molecule has 10 heteroatoms. The molecule has 7 nitrogen and oxygen atoms in total. The number of halogens is 3. The Labute approximate surface area is 162 Å². The van der Waals surface area contributed by atoms with Gasteiger partial charge in [-0.05, 0) is 36.4 Å². The SMILES string of the molecule is O=C(COC(=O)CCc1nc2ccccc2o1)Nc1ccc(OC(F)(F)F)cc1. The second-order valence-electron chi connectivity index (χ2n) is 5.86. The highest BCUT2D eigenvalue weighted by molar-refractivity contribution is 5.92. The van der Waals surface area contributed by atoms with Crippen molar-refractivity contribution in [1.29, 1.82) is 0 Å². The number of rotatable bonds is 7. The summed E-state index contributed by atoms with van der Waals surface area (Å²) >= 11 is 0. The molecule has 2 aromatic carbocycles. The number of carbonyl (C=O) groups is 2. The number of benzene rings is 2. The number of oxazole rings is 1. The Morgan fingerprint density at radius 3 is 2.48 bits per heavy atom. The lowest BCUT2D eigenvalue weighted by Gasteiger charge is -2.10. The van der Waals surface area contributed by atoms with Gasteiger partial charge in [0.05, 0.1) is 6.42 Å². The Morgan fingerprint density at radius 2 is 1.79 bits per heavy atom. The topological polar surface area (TPSA) is 90.7 Å². The van der Waals surface area contributed by atoms with Gasteiger partial charge in [0, 0.05) is 12.1 Å². The molecule has 3 rings (SSSR count). The second-order valence-corrected chi connectivity index (χ2v) is 5.86. The number of esters is 1. The number of anilines is 1.